The van der Waals surface area contributed by atoms with E-state index < -0.39 is 5.60 Å². The third kappa shape index (κ3) is 5.10. The van der Waals surface area contributed by atoms with Gasteiger partial charge in [-0.25, -0.2) is 0 Å². The van der Waals surface area contributed by atoms with Crippen LogP contribution in [0.3, 0.4) is 0 Å². The molecular formula is C34H52O3. The van der Waals surface area contributed by atoms with Crippen molar-refractivity contribution in [3.05, 3.63) is 47.5 Å². The van der Waals surface area contributed by atoms with Crippen LogP contribution < -0.4 is 0 Å². The fraction of sp³-hybridized carbons (Fsp3) is 0.765. The molecule has 0 bridgehead atoms. The Morgan fingerprint density at radius 3 is 2.57 bits per heavy atom. The van der Waals surface area contributed by atoms with Crippen LogP contribution in [0.15, 0.2) is 42.0 Å². The number of ether oxygens (including phenoxy) is 1. The van der Waals surface area contributed by atoms with Gasteiger partial charge >= 0.3 is 0 Å². The second-order valence-electron chi connectivity index (χ2n) is 14.4. The van der Waals surface area contributed by atoms with Crippen molar-refractivity contribution in [3.63, 3.8) is 0 Å². The minimum atomic E-state index is -0.721. The summed E-state index contributed by atoms with van der Waals surface area (Å²) < 4.78 is 6.79. The molecular weight excluding hydrogens is 456 g/mol. The summed E-state index contributed by atoms with van der Waals surface area (Å²) in [4.78, 5) is 0. The average molecular weight is 509 g/mol. The third-order valence-electron chi connectivity index (χ3n) is 11.5. The fourth-order valence-corrected chi connectivity index (χ4v) is 9.71. The van der Waals surface area contributed by atoms with Gasteiger partial charge in [-0.15, -0.1) is 0 Å². The summed E-state index contributed by atoms with van der Waals surface area (Å²) in [6.45, 7) is 12.3. The van der Waals surface area contributed by atoms with Gasteiger partial charge < -0.3 is 14.9 Å². The SMILES string of the molecule is CC(C)CCC[C@](C)(O)[C@H]1[C@H](OCc2ccccc2)C[C@H]2[C@@H]3CC=C4C[C@@H](O)CC[C@]4(C)[C@H]3CC[C@@]21C. The van der Waals surface area contributed by atoms with Crippen LogP contribution in [-0.2, 0) is 11.3 Å². The van der Waals surface area contributed by atoms with E-state index in [0.29, 0.717) is 30.3 Å². The molecule has 1 aromatic carbocycles. The van der Waals surface area contributed by atoms with Gasteiger partial charge in [-0.2, -0.15) is 0 Å². The minimum Gasteiger partial charge on any atom is -0.393 e. The predicted octanol–water partition coefficient (Wildman–Crippen LogP) is 7.70. The van der Waals surface area contributed by atoms with Crippen molar-refractivity contribution in [2.45, 2.75) is 123 Å². The summed E-state index contributed by atoms with van der Waals surface area (Å²) in [5.41, 5.74) is 2.36. The van der Waals surface area contributed by atoms with Crippen molar-refractivity contribution in [1.82, 2.24) is 0 Å². The molecule has 0 radical (unpaired) electrons. The zero-order valence-electron chi connectivity index (χ0n) is 24.1. The Hall–Kier alpha value is -1.16. The van der Waals surface area contributed by atoms with Gasteiger partial charge in [0, 0.05) is 5.92 Å². The maximum atomic E-state index is 12.1. The maximum Gasteiger partial charge on any atom is 0.0720 e. The van der Waals surface area contributed by atoms with E-state index in [1.807, 2.05) is 0 Å². The molecule has 0 aromatic heterocycles. The standard InChI is InChI=1S/C34H52O3/c1-23(2)10-9-17-34(5,36)31-30(37-22-24-11-7-6-8-12-24)21-29-27-14-13-25-20-26(35)15-18-32(25,3)28(27)16-19-33(29,31)4/h6-8,11-13,23,26-31,35-36H,9-10,14-22H2,1-5H3/t26-,27+,28-,29-,30+,31-,32-,33-,34-/m0/s1. The molecule has 0 saturated heterocycles. The first-order chi connectivity index (χ1) is 17.5. The zero-order valence-corrected chi connectivity index (χ0v) is 24.1. The molecule has 9 atom stereocenters. The van der Waals surface area contributed by atoms with E-state index in [4.69, 9.17) is 4.74 Å². The van der Waals surface area contributed by atoms with Crippen LogP contribution >= 0.6 is 0 Å². The third-order valence-corrected chi connectivity index (χ3v) is 11.5. The molecule has 5 rings (SSSR count). The van der Waals surface area contributed by atoms with E-state index in [0.717, 1.165) is 44.9 Å². The van der Waals surface area contributed by atoms with Gasteiger partial charge in [0.25, 0.3) is 0 Å². The number of benzene rings is 1. The first kappa shape index (κ1) is 27.4. The van der Waals surface area contributed by atoms with Gasteiger partial charge in [0.1, 0.15) is 0 Å². The first-order valence-electron chi connectivity index (χ1n) is 15.3. The van der Waals surface area contributed by atoms with E-state index in [2.05, 4.69) is 71.0 Å². The molecule has 206 valence electrons. The highest BCUT2D eigenvalue weighted by Gasteiger charge is 2.64. The number of fused-ring (bicyclic) bond motifs is 5. The van der Waals surface area contributed by atoms with Gasteiger partial charge in [0.2, 0.25) is 0 Å². The van der Waals surface area contributed by atoms with Crippen molar-refractivity contribution in [2.75, 3.05) is 0 Å². The first-order valence-corrected chi connectivity index (χ1v) is 15.3. The molecule has 3 saturated carbocycles. The summed E-state index contributed by atoms with van der Waals surface area (Å²) in [6.07, 6.45) is 13.1. The summed E-state index contributed by atoms with van der Waals surface area (Å²) >= 11 is 0. The number of hydrogen-bond donors (Lipinski definition) is 2. The molecule has 0 aliphatic heterocycles. The largest absolute Gasteiger partial charge is 0.393 e. The van der Waals surface area contributed by atoms with Crippen LogP contribution in [0.5, 0.6) is 0 Å². The molecule has 0 heterocycles. The van der Waals surface area contributed by atoms with E-state index >= 15 is 0 Å². The molecule has 37 heavy (non-hydrogen) atoms. The van der Waals surface area contributed by atoms with E-state index in [9.17, 15) is 10.2 Å². The average Bonchev–Trinajstić information content (AvgIpc) is 3.16. The van der Waals surface area contributed by atoms with Gasteiger partial charge in [-0.3, -0.25) is 0 Å². The Bertz CT molecular complexity index is 951. The molecule has 0 amide bonds. The Labute approximate surface area is 226 Å². The highest BCUT2D eigenvalue weighted by atomic mass is 16.5. The van der Waals surface area contributed by atoms with Crippen LogP contribution in [0.2, 0.25) is 0 Å². The van der Waals surface area contributed by atoms with E-state index in [-0.39, 0.29) is 29.0 Å². The number of hydrogen-bond acceptors (Lipinski definition) is 3. The molecule has 3 heteroatoms. The van der Waals surface area contributed by atoms with Crippen molar-refractivity contribution in [2.24, 2.45) is 40.4 Å². The lowest BCUT2D eigenvalue weighted by Crippen LogP contribution is -2.54. The summed E-state index contributed by atoms with van der Waals surface area (Å²) in [5.74, 6) is 2.75. The van der Waals surface area contributed by atoms with Gasteiger partial charge in [-0.05, 0) is 98.4 Å². The second kappa shape index (κ2) is 10.4. The fourth-order valence-electron chi connectivity index (χ4n) is 9.71. The molecule has 3 nitrogen and oxygen atoms in total. The summed E-state index contributed by atoms with van der Waals surface area (Å²) in [7, 11) is 0. The minimum absolute atomic E-state index is 0.0920. The quantitative estimate of drug-likeness (QED) is 0.354. The summed E-state index contributed by atoms with van der Waals surface area (Å²) in [5, 5.41) is 22.5. The lowest BCUT2D eigenvalue weighted by molar-refractivity contribution is -0.135. The Kier molecular flexibility index (Phi) is 7.73. The molecule has 3 fully saturated rings. The van der Waals surface area contributed by atoms with Crippen LogP contribution in [0.4, 0.5) is 0 Å². The number of allylic oxidation sites excluding steroid dienone is 1. The number of aliphatic hydroxyl groups is 2. The zero-order chi connectivity index (χ0) is 26.4. The van der Waals surface area contributed by atoms with Crippen molar-refractivity contribution in [1.29, 1.82) is 0 Å². The summed E-state index contributed by atoms with van der Waals surface area (Å²) in [6, 6.07) is 10.5. The van der Waals surface area contributed by atoms with Gasteiger partial charge in [-0.1, -0.05) is 82.5 Å². The predicted molar refractivity (Wildman–Crippen MR) is 151 cm³/mol. The molecule has 2 N–H and O–H groups in total. The molecule has 1 aromatic rings. The smallest absolute Gasteiger partial charge is 0.0720 e. The molecule has 4 aliphatic carbocycles. The lowest BCUT2D eigenvalue weighted by atomic mass is 9.46. The molecule has 4 aliphatic rings. The highest BCUT2D eigenvalue weighted by molar-refractivity contribution is 5.26. The normalized spacial score (nSPS) is 40.9. The van der Waals surface area contributed by atoms with E-state index in [1.165, 1.54) is 30.4 Å². The molecule has 0 spiro atoms. The van der Waals surface area contributed by atoms with Crippen molar-refractivity contribution >= 4 is 0 Å². The Morgan fingerprint density at radius 2 is 1.84 bits per heavy atom. The topological polar surface area (TPSA) is 49.7 Å². The molecule has 0 unspecified atom stereocenters. The van der Waals surface area contributed by atoms with Crippen LogP contribution in [-0.4, -0.2) is 28.0 Å². The van der Waals surface area contributed by atoms with Gasteiger partial charge in [0.15, 0.2) is 0 Å². The lowest BCUT2D eigenvalue weighted by Gasteiger charge is -2.58. The highest BCUT2D eigenvalue weighted by Crippen LogP contribution is 2.68. The Morgan fingerprint density at radius 1 is 1.08 bits per heavy atom. The van der Waals surface area contributed by atoms with Gasteiger partial charge in [0.05, 0.1) is 24.4 Å². The number of rotatable bonds is 8. The monoisotopic (exact) mass is 508 g/mol. The van der Waals surface area contributed by atoms with Crippen LogP contribution in [0.1, 0.15) is 104 Å². The second-order valence-corrected chi connectivity index (χ2v) is 14.4. The van der Waals surface area contributed by atoms with E-state index in [1.54, 1.807) is 0 Å². The van der Waals surface area contributed by atoms with Crippen molar-refractivity contribution in [3.8, 4) is 0 Å². The number of aliphatic hydroxyl groups excluding tert-OH is 1. The van der Waals surface area contributed by atoms with Crippen molar-refractivity contribution < 1.29 is 14.9 Å². The van der Waals surface area contributed by atoms with Crippen LogP contribution in [0, 0.1) is 40.4 Å². The Balaban J connectivity index is 1.43. The maximum absolute atomic E-state index is 12.1. The van der Waals surface area contributed by atoms with Crippen LogP contribution in [0.25, 0.3) is 0 Å².